The Kier molecular flexibility index (Phi) is 7.63. The Bertz CT molecular complexity index is 1650. The lowest BCUT2D eigenvalue weighted by Crippen LogP contribution is -2.25. The minimum absolute atomic E-state index is 0.0201. The summed E-state index contributed by atoms with van der Waals surface area (Å²) in [7, 11) is 0. The topological polar surface area (TPSA) is 144 Å². The summed E-state index contributed by atoms with van der Waals surface area (Å²) in [6.07, 6.45) is 0.726. The highest BCUT2D eigenvalue weighted by molar-refractivity contribution is 7.08. The second-order valence-corrected chi connectivity index (χ2v) is 10.2. The first kappa shape index (κ1) is 27.0. The van der Waals surface area contributed by atoms with Crippen LogP contribution < -0.4 is 21.1 Å². The van der Waals surface area contributed by atoms with Gasteiger partial charge in [-0.1, -0.05) is 19.1 Å². The van der Waals surface area contributed by atoms with Crippen LogP contribution in [0, 0.1) is 6.92 Å². The molecule has 4 aromatic rings. The Morgan fingerprint density at radius 2 is 1.85 bits per heavy atom. The molecule has 40 heavy (non-hydrogen) atoms. The van der Waals surface area contributed by atoms with Crippen LogP contribution >= 0.6 is 11.3 Å². The fraction of sp³-hybridized carbons (Fsp3) is 0.200. The summed E-state index contributed by atoms with van der Waals surface area (Å²) in [6, 6.07) is 11.9. The summed E-state index contributed by atoms with van der Waals surface area (Å²) in [5, 5.41) is 19.7. The number of thiophene rings is 1. The van der Waals surface area contributed by atoms with Gasteiger partial charge < -0.3 is 26.2 Å². The number of carboxylic acid groups (broad SMARTS) is 1. The summed E-state index contributed by atoms with van der Waals surface area (Å²) >= 11 is 1.54. The maximum Gasteiger partial charge on any atom is 0.355 e. The van der Waals surface area contributed by atoms with E-state index in [1.165, 1.54) is 12.1 Å². The third-order valence-electron chi connectivity index (χ3n) is 6.71. The molecule has 1 aliphatic rings. The van der Waals surface area contributed by atoms with E-state index in [4.69, 9.17) is 10.5 Å². The molecular formula is C30H28N4O5S. The number of nitrogens with two attached hydrogens (primary N) is 1. The molecule has 204 valence electrons. The molecule has 0 spiro atoms. The number of carboxylic acids is 1. The minimum Gasteiger partial charge on any atom is -0.488 e. The van der Waals surface area contributed by atoms with Crippen molar-refractivity contribution in [1.82, 2.24) is 10.3 Å². The van der Waals surface area contributed by atoms with Gasteiger partial charge in [0.1, 0.15) is 18.1 Å². The van der Waals surface area contributed by atoms with E-state index in [1.807, 2.05) is 36.7 Å². The third kappa shape index (κ3) is 5.18. The third-order valence-corrected chi connectivity index (χ3v) is 7.50. The van der Waals surface area contributed by atoms with Crippen LogP contribution in [0.5, 0.6) is 5.75 Å². The molecule has 0 aliphatic carbocycles. The van der Waals surface area contributed by atoms with Crippen LogP contribution in [-0.2, 0) is 13.2 Å². The first-order chi connectivity index (χ1) is 19.3. The van der Waals surface area contributed by atoms with Crippen molar-refractivity contribution < 1.29 is 24.2 Å². The number of hydrogen-bond acceptors (Lipinski definition) is 7. The first-order valence-corrected chi connectivity index (χ1v) is 13.7. The summed E-state index contributed by atoms with van der Waals surface area (Å²) in [6.45, 7) is 4.97. The van der Waals surface area contributed by atoms with Gasteiger partial charge in [-0.25, -0.2) is 9.78 Å². The number of hydrogen-bond donors (Lipinski definition) is 4. The molecule has 1 aliphatic heterocycles. The number of pyridine rings is 1. The molecule has 0 saturated carbocycles. The highest BCUT2D eigenvalue weighted by atomic mass is 32.1. The molecule has 0 saturated heterocycles. The summed E-state index contributed by atoms with van der Waals surface area (Å²) < 4.78 is 6.01. The zero-order valence-corrected chi connectivity index (χ0v) is 22.9. The molecule has 5 N–H and O–H groups in total. The normalized spacial score (nSPS) is 11.7. The number of carbonyl (C=O) groups is 3. The molecule has 0 bridgehead atoms. The zero-order chi connectivity index (χ0) is 28.4. The van der Waals surface area contributed by atoms with Crippen LogP contribution in [0.4, 0.5) is 5.69 Å². The largest absolute Gasteiger partial charge is 0.488 e. The Morgan fingerprint density at radius 1 is 1.02 bits per heavy atom. The van der Waals surface area contributed by atoms with E-state index in [-0.39, 0.29) is 22.5 Å². The predicted molar refractivity (Wildman–Crippen MR) is 154 cm³/mol. The van der Waals surface area contributed by atoms with Gasteiger partial charge in [0.25, 0.3) is 11.8 Å². The second-order valence-electron chi connectivity index (χ2n) is 9.45. The van der Waals surface area contributed by atoms with Gasteiger partial charge in [0.2, 0.25) is 0 Å². The number of amides is 2. The van der Waals surface area contributed by atoms with Gasteiger partial charge in [-0.3, -0.25) is 9.59 Å². The minimum atomic E-state index is -1.32. The number of rotatable bonds is 8. The maximum absolute atomic E-state index is 13.8. The molecule has 2 amide bonds. The first-order valence-electron chi connectivity index (χ1n) is 12.8. The molecule has 9 nitrogen and oxygen atoms in total. The molecule has 0 fully saturated rings. The van der Waals surface area contributed by atoms with Gasteiger partial charge in [-0.05, 0) is 65.6 Å². The van der Waals surface area contributed by atoms with Crippen molar-refractivity contribution in [2.75, 3.05) is 11.9 Å². The zero-order valence-electron chi connectivity index (χ0n) is 22.0. The lowest BCUT2D eigenvalue weighted by Gasteiger charge is -2.22. The molecule has 5 rings (SSSR count). The number of anilines is 1. The number of aryl methyl sites for hydroxylation is 1. The van der Waals surface area contributed by atoms with Gasteiger partial charge >= 0.3 is 5.97 Å². The number of benzene rings is 2. The number of fused-ring (bicyclic) bond motifs is 3. The lowest BCUT2D eigenvalue weighted by atomic mass is 9.91. The monoisotopic (exact) mass is 556 g/mol. The molecule has 0 unspecified atom stereocenters. The van der Waals surface area contributed by atoms with Gasteiger partial charge in [0.05, 0.1) is 0 Å². The van der Waals surface area contributed by atoms with Crippen molar-refractivity contribution in [3.8, 4) is 28.0 Å². The standard InChI is InChI=1S/C30H28N4O5S/c1-3-8-32-29(36)25-7-5-19(27(33-25)30(37)38)20-11-26-21(23-15-40-14-18(23)13-39-26)10-22(20)28(35)34-24-6-4-17(12-31)9-16(24)2/h4-7,9-11,14-15H,3,8,12-13,31H2,1-2H3,(H,32,36)(H,34,35)(H,37,38). The Morgan fingerprint density at radius 3 is 2.58 bits per heavy atom. The average molecular weight is 557 g/mol. The fourth-order valence-corrected chi connectivity index (χ4v) is 5.47. The quantitative estimate of drug-likeness (QED) is 0.233. The van der Waals surface area contributed by atoms with E-state index in [0.717, 1.165) is 34.2 Å². The van der Waals surface area contributed by atoms with Crippen LogP contribution in [0.1, 0.15) is 61.4 Å². The molecule has 10 heteroatoms. The molecule has 0 atom stereocenters. The predicted octanol–water partition coefficient (Wildman–Crippen LogP) is 5.23. The van der Waals surface area contributed by atoms with Crippen molar-refractivity contribution in [3.63, 3.8) is 0 Å². The summed E-state index contributed by atoms with van der Waals surface area (Å²) in [4.78, 5) is 42.8. The SMILES string of the molecule is CCCNC(=O)c1ccc(-c2cc3c(cc2C(=O)Nc2ccc(CN)cc2C)-c2cscc2CO3)c(C(=O)O)n1. The highest BCUT2D eigenvalue weighted by Gasteiger charge is 2.27. The van der Waals surface area contributed by atoms with Gasteiger partial charge in [0.15, 0.2) is 5.69 Å². The van der Waals surface area contributed by atoms with Crippen LogP contribution in [0.3, 0.4) is 0 Å². The van der Waals surface area contributed by atoms with Gasteiger partial charge in [0, 0.05) is 52.2 Å². The number of nitrogens with one attached hydrogen (secondary N) is 2. The molecule has 2 aromatic carbocycles. The highest BCUT2D eigenvalue weighted by Crippen LogP contribution is 2.43. The molecule has 2 aromatic heterocycles. The van der Waals surface area contributed by atoms with E-state index < -0.39 is 17.8 Å². The number of aromatic nitrogens is 1. The van der Waals surface area contributed by atoms with E-state index in [9.17, 15) is 19.5 Å². The van der Waals surface area contributed by atoms with Crippen LogP contribution in [0.25, 0.3) is 22.3 Å². The number of ether oxygens (including phenoxy) is 1. The smallest absolute Gasteiger partial charge is 0.355 e. The lowest BCUT2D eigenvalue weighted by molar-refractivity contribution is 0.0691. The van der Waals surface area contributed by atoms with E-state index in [2.05, 4.69) is 15.6 Å². The van der Waals surface area contributed by atoms with Crippen molar-refractivity contribution >= 4 is 34.8 Å². The maximum atomic E-state index is 13.8. The Labute approximate surface area is 235 Å². The van der Waals surface area contributed by atoms with Crippen molar-refractivity contribution in [1.29, 1.82) is 0 Å². The fourth-order valence-electron chi connectivity index (χ4n) is 4.63. The van der Waals surface area contributed by atoms with Crippen molar-refractivity contribution in [2.45, 2.75) is 33.4 Å². The van der Waals surface area contributed by atoms with Gasteiger partial charge in [-0.2, -0.15) is 11.3 Å². The van der Waals surface area contributed by atoms with E-state index in [1.54, 1.807) is 29.5 Å². The molecule has 0 radical (unpaired) electrons. The van der Waals surface area contributed by atoms with E-state index in [0.29, 0.717) is 36.7 Å². The number of carbonyl (C=O) groups excluding carboxylic acids is 2. The van der Waals surface area contributed by atoms with Crippen LogP contribution in [0.2, 0.25) is 0 Å². The molecule has 3 heterocycles. The van der Waals surface area contributed by atoms with Crippen LogP contribution in [-0.4, -0.2) is 34.4 Å². The number of aromatic carboxylic acids is 1. The van der Waals surface area contributed by atoms with Crippen LogP contribution in [0.15, 0.2) is 53.2 Å². The average Bonchev–Trinajstić information content (AvgIpc) is 3.45. The second kappa shape index (κ2) is 11.3. The van der Waals surface area contributed by atoms with Crippen molar-refractivity contribution in [2.24, 2.45) is 5.73 Å². The Balaban J connectivity index is 1.65. The summed E-state index contributed by atoms with van der Waals surface area (Å²) in [5.41, 5.74) is 11.3. The molecular weight excluding hydrogens is 528 g/mol. The van der Waals surface area contributed by atoms with Gasteiger partial charge in [-0.15, -0.1) is 0 Å². The summed E-state index contributed by atoms with van der Waals surface area (Å²) in [5.74, 6) is -1.69. The Hall–Kier alpha value is -4.54. The number of nitrogens with zero attached hydrogens (tertiary/aromatic N) is 1. The van der Waals surface area contributed by atoms with Crippen molar-refractivity contribution in [3.05, 3.63) is 86.9 Å². The van der Waals surface area contributed by atoms with E-state index >= 15 is 0 Å².